The number of aryl methyl sites for hydroxylation is 3. The molecule has 0 bridgehead atoms. The highest BCUT2D eigenvalue weighted by molar-refractivity contribution is 5.97. The molecule has 0 N–H and O–H groups in total. The van der Waals surface area contributed by atoms with E-state index in [-0.39, 0.29) is 0 Å². The van der Waals surface area contributed by atoms with Crippen molar-refractivity contribution in [3.05, 3.63) is 53.1 Å². The quantitative estimate of drug-likeness (QED) is 0.408. The summed E-state index contributed by atoms with van der Waals surface area (Å²) in [4.78, 5) is 9.31. The summed E-state index contributed by atoms with van der Waals surface area (Å²) in [6.45, 7) is 8.81. The molecule has 0 aliphatic carbocycles. The van der Waals surface area contributed by atoms with Gasteiger partial charge in [0.2, 0.25) is 0 Å². The van der Waals surface area contributed by atoms with Crippen molar-refractivity contribution in [3.8, 4) is 11.5 Å². The minimum atomic E-state index is 0.354. The summed E-state index contributed by atoms with van der Waals surface area (Å²) in [6.07, 6.45) is 5.69. The molecule has 0 fully saturated rings. The second-order valence-corrected chi connectivity index (χ2v) is 6.06. The Kier molecular flexibility index (Phi) is 6.83. The van der Waals surface area contributed by atoms with Gasteiger partial charge in [0, 0.05) is 7.05 Å². The van der Waals surface area contributed by atoms with E-state index in [0.717, 1.165) is 39.7 Å². The number of benzene rings is 1. The van der Waals surface area contributed by atoms with Gasteiger partial charge in [-0.2, -0.15) is 0 Å². The third kappa shape index (κ3) is 4.65. The second kappa shape index (κ2) is 9.08. The molecule has 1 aromatic carbocycles. The number of oxime groups is 1. The Morgan fingerprint density at radius 1 is 1.23 bits per heavy atom. The van der Waals surface area contributed by atoms with E-state index in [1.807, 2.05) is 63.6 Å². The van der Waals surface area contributed by atoms with Crippen LogP contribution in [0.4, 0.5) is 0 Å². The topological polar surface area (TPSA) is 57.9 Å². The molecule has 140 valence electrons. The fraction of sp³-hybridized carbons (Fsp3) is 0.400. The standard InChI is InChI=1S/C20H27N3O3/c1-7-8-9-25-17-10-14(2)20(15(3)11-17)26-12-18-19(16(4)22-24-6)23(5)13-21-18/h7-8,10-11,13H,9,12H2,1-6H3/b8-7+,22-16+. The number of ether oxygens (including phenoxy) is 2. The van der Waals surface area contributed by atoms with E-state index in [1.165, 1.54) is 7.11 Å². The molecule has 0 aliphatic heterocycles. The van der Waals surface area contributed by atoms with E-state index in [2.05, 4.69) is 10.1 Å². The van der Waals surface area contributed by atoms with Gasteiger partial charge in [-0.05, 0) is 51.0 Å². The molecule has 0 aliphatic rings. The van der Waals surface area contributed by atoms with Crippen LogP contribution >= 0.6 is 0 Å². The van der Waals surface area contributed by atoms with E-state index in [0.29, 0.717) is 13.2 Å². The molecular weight excluding hydrogens is 330 g/mol. The maximum absolute atomic E-state index is 6.08. The first-order valence-corrected chi connectivity index (χ1v) is 8.54. The lowest BCUT2D eigenvalue weighted by atomic mass is 10.1. The average molecular weight is 357 g/mol. The third-order valence-corrected chi connectivity index (χ3v) is 3.95. The van der Waals surface area contributed by atoms with Crippen molar-refractivity contribution >= 4 is 5.71 Å². The van der Waals surface area contributed by atoms with E-state index in [9.17, 15) is 0 Å². The predicted molar refractivity (Wildman–Crippen MR) is 103 cm³/mol. The molecule has 0 saturated carbocycles. The minimum absolute atomic E-state index is 0.354. The predicted octanol–water partition coefficient (Wildman–Crippen LogP) is 3.94. The molecule has 2 aromatic rings. The second-order valence-electron chi connectivity index (χ2n) is 6.06. The van der Waals surface area contributed by atoms with E-state index in [1.54, 1.807) is 6.33 Å². The number of hydrogen-bond donors (Lipinski definition) is 0. The zero-order valence-electron chi connectivity index (χ0n) is 16.4. The molecule has 6 nitrogen and oxygen atoms in total. The van der Waals surface area contributed by atoms with Gasteiger partial charge >= 0.3 is 0 Å². The molecule has 0 amide bonds. The Labute approximate surface area is 155 Å². The van der Waals surface area contributed by atoms with Gasteiger partial charge in [0.25, 0.3) is 0 Å². The van der Waals surface area contributed by atoms with Crippen molar-refractivity contribution < 1.29 is 14.3 Å². The molecule has 1 aromatic heterocycles. The van der Waals surface area contributed by atoms with Gasteiger partial charge in [-0.3, -0.25) is 0 Å². The fourth-order valence-corrected chi connectivity index (χ4v) is 2.83. The van der Waals surface area contributed by atoms with Gasteiger partial charge < -0.3 is 18.9 Å². The van der Waals surface area contributed by atoms with Crippen LogP contribution in [0.2, 0.25) is 0 Å². The number of nitrogens with zero attached hydrogens (tertiary/aromatic N) is 3. The summed E-state index contributed by atoms with van der Waals surface area (Å²) in [5, 5.41) is 4.00. The molecule has 1 heterocycles. The Morgan fingerprint density at radius 2 is 1.92 bits per heavy atom. The van der Waals surface area contributed by atoms with Crippen LogP contribution in [0.1, 0.15) is 36.4 Å². The molecule has 6 heteroatoms. The Morgan fingerprint density at radius 3 is 2.54 bits per heavy atom. The first-order chi connectivity index (χ1) is 12.5. The number of hydrogen-bond acceptors (Lipinski definition) is 5. The monoisotopic (exact) mass is 357 g/mol. The molecule has 0 unspecified atom stereocenters. The highest BCUT2D eigenvalue weighted by atomic mass is 16.6. The zero-order chi connectivity index (χ0) is 19.1. The van der Waals surface area contributed by atoms with Crippen molar-refractivity contribution in [2.45, 2.75) is 34.3 Å². The lowest BCUT2D eigenvalue weighted by Gasteiger charge is -2.14. The summed E-state index contributed by atoms with van der Waals surface area (Å²) >= 11 is 0. The molecule has 26 heavy (non-hydrogen) atoms. The van der Waals surface area contributed by atoms with Crippen molar-refractivity contribution in [1.29, 1.82) is 0 Å². The van der Waals surface area contributed by atoms with Gasteiger partial charge in [0.1, 0.15) is 43.2 Å². The highest BCUT2D eigenvalue weighted by Crippen LogP contribution is 2.29. The van der Waals surface area contributed by atoms with E-state index >= 15 is 0 Å². The Balaban J connectivity index is 2.17. The van der Waals surface area contributed by atoms with E-state index < -0.39 is 0 Å². The Bertz CT molecular complexity index is 784. The lowest BCUT2D eigenvalue weighted by Crippen LogP contribution is -2.09. The SMILES string of the molecule is C/C=C/COc1cc(C)c(OCc2ncn(C)c2/C(C)=N/OC)c(C)c1. The number of allylic oxidation sites excluding steroid dienone is 1. The van der Waals surface area contributed by atoms with Crippen LogP contribution in [0.3, 0.4) is 0 Å². The summed E-state index contributed by atoms with van der Waals surface area (Å²) in [5.74, 6) is 1.69. The molecular formula is C20H27N3O3. The van der Waals surface area contributed by atoms with Crippen LogP contribution in [0, 0.1) is 13.8 Å². The third-order valence-electron chi connectivity index (χ3n) is 3.95. The molecule has 2 rings (SSSR count). The first kappa shape index (κ1) is 19.6. The van der Waals surface area contributed by atoms with Crippen molar-refractivity contribution in [1.82, 2.24) is 9.55 Å². The fourth-order valence-electron chi connectivity index (χ4n) is 2.83. The van der Waals surface area contributed by atoms with E-state index in [4.69, 9.17) is 14.3 Å². The normalized spacial score (nSPS) is 11.8. The zero-order valence-corrected chi connectivity index (χ0v) is 16.4. The van der Waals surface area contributed by atoms with Crippen LogP contribution in [-0.4, -0.2) is 29.0 Å². The van der Waals surface area contributed by atoms with Crippen LogP contribution in [0.5, 0.6) is 11.5 Å². The maximum atomic E-state index is 6.08. The van der Waals surface area contributed by atoms with Gasteiger partial charge in [0.15, 0.2) is 0 Å². The molecule has 0 spiro atoms. The minimum Gasteiger partial charge on any atom is -0.490 e. The molecule has 0 radical (unpaired) electrons. The Hall–Kier alpha value is -2.76. The van der Waals surface area contributed by atoms with Crippen LogP contribution in [0.25, 0.3) is 0 Å². The van der Waals surface area contributed by atoms with Gasteiger partial charge in [-0.15, -0.1) is 0 Å². The number of imidazole rings is 1. The average Bonchev–Trinajstić information content (AvgIpc) is 2.95. The van der Waals surface area contributed by atoms with Crippen molar-refractivity contribution in [2.75, 3.05) is 13.7 Å². The smallest absolute Gasteiger partial charge is 0.132 e. The largest absolute Gasteiger partial charge is 0.490 e. The van der Waals surface area contributed by atoms with Crippen molar-refractivity contribution in [3.63, 3.8) is 0 Å². The maximum Gasteiger partial charge on any atom is 0.132 e. The number of rotatable bonds is 8. The summed E-state index contributed by atoms with van der Waals surface area (Å²) in [5.41, 5.74) is 4.53. The van der Waals surface area contributed by atoms with Crippen LogP contribution in [0.15, 0.2) is 35.8 Å². The molecule has 0 saturated heterocycles. The highest BCUT2D eigenvalue weighted by Gasteiger charge is 2.15. The van der Waals surface area contributed by atoms with Crippen LogP contribution < -0.4 is 9.47 Å². The summed E-state index contributed by atoms with van der Waals surface area (Å²) < 4.78 is 13.7. The molecule has 0 atom stereocenters. The van der Waals surface area contributed by atoms with Crippen LogP contribution in [-0.2, 0) is 18.5 Å². The number of aromatic nitrogens is 2. The summed E-state index contributed by atoms with van der Waals surface area (Å²) in [6, 6.07) is 3.98. The van der Waals surface area contributed by atoms with Gasteiger partial charge in [-0.1, -0.05) is 17.3 Å². The van der Waals surface area contributed by atoms with Gasteiger partial charge in [0.05, 0.1) is 12.0 Å². The van der Waals surface area contributed by atoms with Gasteiger partial charge in [-0.25, -0.2) is 4.98 Å². The first-order valence-electron chi connectivity index (χ1n) is 8.54. The van der Waals surface area contributed by atoms with Crippen molar-refractivity contribution in [2.24, 2.45) is 12.2 Å². The lowest BCUT2D eigenvalue weighted by molar-refractivity contribution is 0.213. The summed E-state index contributed by atoms with van der Waals surface area (Å²) in [7, 11) is 3.45.